The van der Waals surface area contributed by atoms with Gasteiger partial charge >= 0.3 is 11.9 Å². The number of allylic oxidation sites excluding steroid dienone is 3. The Bertz CT molecular complexity index is 1150. The van der Waals surface area contributed by atoms with Crippen molar-refractivity contribution in [2.45, 2.75) is 33.5 Å². The zero-order chi connectivity index (χ0) is 28.2. The molecule has 0 saturated carbocycles. The lowest BCUT2D eigenvalue weighted by molar-refractivity contribution is -0.273. The summed E-state index contributed by atoms with van der Waals surface area (Å²) in [7, 11) is 0. The van der Waals surface area contributed by atoms with Crippen molar-refractivity contribution in [3.63, 3.8) is 0 Å². The molecule has 0 fully saturated rings. The molecular weight excluding hydrogens is 514 g/mol. The fourth-order valence-electron chi connectivity index (χ4n) is 4.45. The van der Waals surface area contributed by atoms with E-state index in [9.17, 15) is 9.59 Å². The maximum absolute atomic E-state index is 13.3. The molecule has 4 rings (SSSR count). The Hall–Kier alpha value is -3.92. The van der Waals surface area contributed by atoms with Crippen LogP contribution in [0.4, 0.5) is 0 Å². The second kappa shape index (κ2) is 15.0. The van der Waals surface area contributed by atoms with Gasteiger partial charge in [-0.15, -0.1) is 0 Å². The van der Waals surface area contributed by atoms with E-state index in [1.807, 2.05) is 66.7 Å². The van der Waals surface area contributed by atoms with Crippen molar-refractivity contribution < 1.29 is 38.3 Å². The largest absolute Gasteiger partial charge is 0.460 e. The molecule has 2 aromatic rings. The van der Waals surface area contributed by atoms with Gasteiger partial charge in [0.05, 0.1) is 50.1 Å². The van der Waals surface area contributed by atoms with E-state index in [0.29, 0.717) is 43.4 Å². The van der Waals surface area contributed by atoms with E-state index < -0.39 is 17.9 Å². The molecule has 2 heterocycles. The maximum atomic E-state index is 13.3. The van der Waals surface area contributed by atoms with Crippen LogP contribution in [-0.4, -0.2) is 45.0 Å². The second-order valence-electron chi connectivity index (χ2n) is 9.28. The third-order valence-corrected chi connectivity index (χ3v) is 6.33. The smallest absolute Gasteiger partial charge is 0.336 e. The molecule has 40 heavy (non-hydrogen) atoms. The van der Waals surface area contributed by atoms with Crippen LogP contribution in [0.3, 0.4) is 0 Å². The van der Waals surface area contributed by atoms with Gasteiger partial charge in [0.1, 0.15) is 13.2 Å². The standard InChI is InChI=1S/C31H35NO8/c1-22-27(30(33)37-18-16-35-20-24-10-5-3-6-11-24)29(26-14-9-15-39-40-26)28(23(2)32-22)31(34)38-19-17-36-21-25-12-7-4-8-13-25/h3-8,10-14,29,32H,9,15-21H2,1-2H3. The number of carbonyl (C=O) groups is 2. The van der Waals surface area contributed by atoms with Crippen LogP contribution >= 0.6 is 0 Å². The lowest BCUT2D eigenvalue weighted by atomic mass is 9.83. The van der Waals surface area contributed by atoms with Crippen LogP contribution in [0.5, 0.6) is 0 Å². The molecule has 0 aromatic heterocycles. The quantitative estimate of drug-likeness (QED) is 0.220. The van der Waals surface area contributed by atoms with Crippen molar-refractivity contribution in [1.29, 1.82) is 0 Å². The first-order chi connectivity index (χ1) is 19.5. The van der Waals surface area contributed by atoms with E-state index in [-0.39, 0.29) is 37.6 Å². The van der Waals surface area contributed by atoms with Crippen LogP contribution < -0.4 is 5.32 Å². The van der Waals surface area contributed by atoms with Crippen LogP contribution in [-0.2, 0) is 51.5 Å². The number of rotatable bonds is 13. The number of hydrogen-bond donors (Lipinski definition) is 1. The first-order valence-corrected chi connectivity index (χ1v) is 13.3. The minimum absolute atomic E-state index is 0.0484. The molecule has 0 saturated heterocycles. The molecule has 2 aliphatic heterocycles. The summed E-state index contributed by atoms with van der Waals surface area (Å²) in [4.78, 5) is 37.3. The van der Waals surface area contributed by atoms with E-state index in [0.717, 1.165) is 11.1 Å². The Morgan fingerprint density at radius 3 is 1.73 bits per heavy atom. The summed E-state index contributed by atoms with van der Waals surface area (Å²) in [5, 5.41) is 3.13. The third kappa shape index (κ3) is 8.05. The van der Waals surface area contributed by atoms with Crippen molar-refractivity contribution >= 4 is 11.9 Å². The van der Waals surface area contributed by atoms with Gasteiger partial charge in [0.2, 0.25) is 0 Å². The minimum Gasteiger partial charge on any atom is -0.460 e. The van der Waals surface area contributed by atoms with Crippen LogP contribution in [0.2, 0.25) is 0 Å². The average Bonchev–Trinajstić information content (AvgIpc) is 2.97. The predicted molar refractivity (Wildman–Crippen MR) is 146 cm³/mol. The highest BCUT2D eigenvalue weighted by Gasteiger charge is 2.41. The summed E-state index contributed by atoms with van der Waals surface area (Å²) in [6, 6.07) is 19.5. The van der Waals surface area contributed by atoms with Gasteiger partial charge in [-0.05, 0) is 37.5 Å². The summed E-state index contributed by atoms with van der Waals surface area (Å²) >= 11 is 0. The van der Waals surface area contributed by atoms with E-state index in [1.165, 1.54) is 0 Å². The highest BCUT2D eigenvalue weighted by molar-refractivity contribution is 5.98. The van der Waals surface area contributed by atoms with Gasteiger partial charge in [-0.1, -0.05) is 60.7 Å². The van der Waals surface area contributed by atoms with Crippen LogP contribution in [0.1, 0.15) is 31.4 Å². The third-order valence-electron chi connectivity index (χ3n) is 6.33. The average molecular weight is 550 g/mol. The molecule has 0 amide bonds. The van der Waals surface area contributed by atoms with Crippen molar-refractivity contribution in [1.82, 2.24) is 5.32 Å². The first kappa shape index (κ1) is 29.1. The van der Waals surface area contributed by atoms with E-state index in [4.69, 9.17) is 28.7 Å². The number of hydrogen-bond acceptors (Lipinski definition) is 9. The van der Waals surface area contributed by atoms with Crippen LogP contribution in [0.25, 0.3) is 0 Å². The summed E-state index contributed by atoms with van der Waals surface area (Å²) < 4.78 is 22.4. The van der Waals surface area contributed by atoms with Crippen LogP contribution in [0, 0.1) is 5.92 Å². The normalized spacial score (nSPS) is 15.7. The molecule has 2 aliphatic rings. The zero-order valence-electron chi connectivity index (χ0n) is 22.9. The Kier molecular flexibility index (Phi) is 10.9. The second-order valence-corrected chi connectivity index (χ2v) is 9.28. The SMILES string of the molecule is CC1=C(C(=O)OCCOCc2ccccc2)C(C2=CCCOO2)C(C(=O)OCCOCc2ccccc2)=C(C)N1. The number of esters is 2. The van der Waals surface area contributed by atoms with Gasteiger partial charge in [0.25, 0.3) is 0 Å². The lowest BCUT2D eigenvalue weighted by Crippen LogP contribution is -2.36. The highest BCUT2D eigenvalue weighted by Crippen LogP contribution is 2.38. The fourth-order valence-corrected chi connectivity index (χ4v) is 4.45. The molecule has 0 bridgehead atoms. The zero-order valence-corrected chi connectivity index (χ0v) is 22.9. The molecule has 9 heteroatoms. The van der Waals surface area contributed by atoms with E-state index in [2.05, 4.69) is 5.32 Å². The Morgan fingerprint density at radius 2 is 1.27 bits per heavy atom. The van der Waals surface area contributed by atoms with Crippen molar-refractivity contribution in [2.75, 3.05) is 33.0 Å². The lowest BCUT2D eigenvalue weighted by Gasteiger charge is -2.31. The fraction of sp³-hybridized carbons (Fsp3) is 0.355. The van der Waals surface area contributed by atoms with Gasteiger partial charge in [-0.3, -0.25) is 0 Å². The van der Waals surface area contributed by atoms with Gasteiger partial charge in [0.15, 0.2) is 5.76 Å². The molecule has 2 aromatic carbocycles. The molecular formula is C31H35NO8. The van der Waals surface area contributed by atoms with Crippen molar-refractivity contribution in [3.8, 4) is 0 Å². The molecule has 0 atom stereocenters. The monoisotopic (exact) mass is 549 g/mol. The van der Waals surface area contributed by atoms with E-state index >= 15 is 0 Å². The number of nitrogens with one attached hydrogen (secondary N) is 1. The van der Waals surface area contributed by atoms with Crippen LogP contribution in [0.15, 0.2) is 95.0 Å². The van der Waals surface area contributed by atoms with Gasteiger partial charge in [-0.2, -0.15) is 4.89 Å². The molecule has 212 valence electrons. The number of ether oxygens (including phenoxy) is 4. The number of dihydropyridines is 1. The summed E-state index contributed by atoms with van der Waals surface area (Å²) in [5.41, 5.74) is 3.65. The molecule has 1 N–H and O–H groups in total. The molecule has 0 spiro atoms. The molecule has 0 aliphatic carbocycles. The van der Waals surface area contributed by atoms with E-state index in [1.54, 1.807) is 13.8 Å². The number of benzene rings is 2. The summed E-state index contributed by atoms with van der Waals surface area (Å²) in [6.45, 7) is 5.24. The minimum atomic E-state index is -0.850. The van der Waals surface area contributed by atoms with Gasteiger partial charge in [-0.25, -0.2) is 9.59 Å². The molecule has 0 radical (unpaired) electrons. The topological polar surface area (TPSA) is 102 Å². The molecule has 0 unspecified atom stereocenters. The maximum Gasteiger partial charge on any atom is 0.336 e. The molecule has 9 nitrogen and oxygen atoms in total. The predicted octanol–water partition coefficient (Wildman–Crippen LogP) is 4.51. The Morgan fingerprint density at radius 1 is 0.775 bits per heavy atom. The van der Waals surface area contributed by atoms with Crippen molar-refractivity contribution in [3.05, 3.63) is 106 Å². The van der Waals surface area contributed by atoms with Gasteiger partial charge < -0.3 is 29.2 Å². The van der Waals surface area contributed by atoms with Crippen molar-refractivity contribution in [2.24, 2.45) is 5.92 Å². The number of carbonyl (C=O) groups excluding carboxylic acids is 2. The summed E-state index contributed by atoms with van der Waals surface area (Å²) in [5.74, 6) is -1.68. The van der Waals surface area contributed by atoms with Gasteiger partial charge in [0, 0.05) is 11.4 Å². The Balaban J connectivity index is 1.38. The highest BCUT2D eigenvalue weighted by atomic mass is 17.2. The summed E-state index contributed by atoms with van der Waals surface area (Å²) in [6.07, 6.45) is 2.38. The first-order valence-electron chi connectivity index (χ1n) is 13.3. The Labute approximate surface area is 234 Å².